The number of rotatable bonds is 30. The normalized spacial score (nSPS) is 11.2. The first-order valence-electron chi connectivity index (χ1n) is 20.5. The molecule has 0 aromatic carbocycles. The molecule has 7 heteroatoms. The number of unbranched alkanes of at least 4 members (excludes halogenated alkanes) is 16. The third-order valence-electron chi connectivity index (χ3n) is 9.92. The molecule has 0 heterocycles. The second kappa shape index (κ2) is 37.9. The fourth-order valence-corrected chi connectivity index (χ4v) is 6.37. The van der Waals surface area contributed by atoms with E-state index in [0.29, 0.717) is 19.3 Å². The van der Waals surface area contributed by atoms with Crippen LogP contribution in [0.3, 0.4) is 0 Å². The molecule has 0 unspecified atom stereocenters. The number of quaternary nitrogens is 2. The van der Waals surface area contributed by atoms with Gasteiger partial charge in [0.05, 0.1) is 52.5 Å². The highest BCUT2D eigenvalue weighted by Crippen LogP contribution is 2.20. The van der Waals surface area contributed by atoms with Gasteiger partial charge in [-0.15, -0.1) is 4.48 Å². The molecule has 5 nitrogen and oxygen atoms in total. The molecule has 0 saturated heterocycles. The van der Waals surface area contributed by atoms with E-state index in [0.717, 1.165) is 77.0 Å². The Hall–Kier alpha value is -0.300. The number of nitrogens with zero attached hydrogens (tertiary/aromatic N) is 2. The average molecular weight is 768 g/mol. The molecule has 0 aliphatic heterocycles. The lowest BCUT2D eigenvalue weighted by atomic mass is 10.1. The summed E-state index contributed by atoms with van der Waals surface area (Å²) in [6.07, 6.45) is 27.7. The maximum absolute atomic E-state index is 13.0. The van der Waals surface area contributed by atoms with Gasteiger partial charge in [-0.05, 0) is 44.9 Å². The van der Waals surface area contributed by atoms with Crippen LogP contribution in [0, 0.1) is 0 Å². The molecular formula is C41H84BrClN2O3. The Kier molecular flexibility index (Phi) is 43.1. The molecule has 0 atom stereocenters. The Balaban J connectivity index is -0.000000438. The van der Waals surface area contributed by atoms with E-state index in [2.05, 4.69) is 48.5 Å². The van der Waals surface area contributed by atoms with Crippen LogP contribution in [-0.2, 0) is 14.4 Å². The molecule has 290 valence electrons. The number of imide groups is 3. The van der Waals surface area contributed by atoms with Crippen LogP contribution in [0.2, 0.25) is 0 Å². The Morgan fingerprint density at radius 3 is 0.771 bits per heavy atom. The standard InChI is InChI=1S/C25H48NO3.C16H36N.BrH.ClH/c1-5-8-11-14-17-20-23(27)26(4,24(28)21-18-15-12-9-6-2)25(29)22-19-16-13-10-7-3;1-5-9-13-17(14-10-6-2,15-11-7-3)16-12-8-4;;/h5-22H2,1-4H3;5-16H2,1-4H3;2*1H/q2*+1;;/p-2. The van der Waals surface area contributed by atoms with Crippen molar-refractivity contribution in [2.75, 3.05) is 33.2 Å². The summed E-state index contributed by atoms with van der Waals surface area (Å²) >= 11 is 0. The molecule has 0 aromatic rings. The zero-order valence-electron chi connectivity index (χ0n) is 33.6. The first-order chi connectivity index (χ1) is 22.2. The van der Waals surface area contributed by atoms with Crippen molar-refractivity contribution in [1.29, 1.82) is 0 Å². The van der Waals surface area contributed by atoms with E-state index in [9.17, 15) is 14.4 Å². The van der Waals surface area contributed by atoms with Gasteiger partial charge in [-0.1, -0.05) is 151 Å². The van der Waals surface area contributed by atoms with Crippen LogP contribution in [0.1, 0.15) is 215 Å². The summed E-state index contributed by atoms with van der Waals surface area (Å²) in [5.41, 5.74) is 0. The molecule has 3 amide bonds. The molecule has 0 rings (SSSR count). The number of hydrogen-bond donors (Lipinski definition) is 0. The van der Waals surface area contributed by atoms with Crippen LogP contribution in [0.25, 0.3) is 0 Å². The lowest BCUT2D eigenvalue weighted by Gasteiger charge is -2.39. The second-order valence-electron chi connectivity index (χ2n) is 14.3. The van der Waals surface area contributed by atoms with Crippen molar-refractivity contribution in [3.05, 3.63) is 0 Å². The lowest BCUT2D eigenvalue weighted by Crippen LogP contribution is -3.00. The molecule has 0 radical (unpaired) electrons. The molecule has 0 aromatic heterocycles. The second-order valence-corrected chi connectivity index (χ2v) is 14.3. The van der Waals surface area contributed by atoms with Gasteiger partial charge in [0.25, 0.3) is 0 Å². The minimum Gasteiger partial charge on any atom is -1.00 e. The van der Waals surface area contributed by atoms with E-state index >= 15 is 0 Å². The van der Waals surface area contributed by atoms with Crippen LogP contribution >= 0.6 is 0 Å². The Labute approximate surface area is 317 Å². The fraction of sp³-hybridized carbons (Fsp3) is 0.927. The highest BCUT2D eigenvalue weighted by molar-refractivity contribution is 5.97. The van der Waals surface area contributed by atoms with Crippen molar-refractivity contribution in [3.8, 4) is 0 Å². The van der Waals surface area contributed by atoms with Crippen molar-refractivity contribution in [3.63, 3.8) is 0 Å². The van der Waals surface area contributed by atoms with E-state index in [-0.39, 0.29) is 47.1 Å². The number of carbonyl (C=O) groups excluding carboxylic acids is 3. The topological polar surface area (TPSA) is 51.2 Å². The van der Waals surface area contributed by atoms with Gasteiger partial charge in [0.2, 0.25) is 0 Å². The summed E-state index contributed by atoms with van der Waals surface area (Å²) in [4.78, 5) is 38.9. The maximum Gasteiger partial charge on any atom is 0.328 e. The Morgan fingerprint density at radius 2 is 0.562 bits per heavy atom. The van der Waals surface area contributed by atoms with Gasteiger partial charge < -0.3 is 33.9 Å². The number of carbonyl (C=O) groups is 3. The van der Waals surface area contributed by atoms with Gasteiger partial charge in [-0.3, -0.25) is 0 Å². The van der Waals surface area contributed by atoms with Crippen LogP contribution in [0.5, 0.6) is 0 Å². The van der Waals surface area contributed by atoms with Gasteiger partial charge >= 0.3 is 17.7 Å². The number of hydrogen-bond acceptors (Lipinski definition) is 3. The zero-order chi connectivity index (χ0) is 34.9. The highest BCUT2D eigenvalue weighted by Gasteiger charge is 2.45. The number of amides is 3. The highest BCUT2D eigenvalue weighted by atomic mass is 79.9. The van der Waals surface area contributed by atoms with E-state index in [1.807, 2.05) is 0 Å². The Morgan fingerprint density at radius 1 is 0.354 bits per heavy atom. The number of halogens is 2. The lowest BCUT2D eigenvalue weighted by molar-refractivity contribution is -0.929. The van der Waals surface area contributed by atoms with Gasteiger partial charge in [-0.25, -0.2) is 14.4 Å². The molecule has 0 aliphatic rings. The molecule has 0 bridgehead atoms. The molecule has 0 N–H and O–H groups in total. The zero-order valence-corrected chi connectivity index (χ0v) is 35.9. The average Bonchev–Trinajstić information content (AvgIpc) is 3.06. The van der Waals surface area contributed by atoms with E-state index in [1.165, 1.54) is 101 Å². The van der Waals surface area contributed by atoms with Gasteiger partial charge in [0.15, 0.2) is 0 Å². The quantitative estimate of drug-likeness (QED) is 0.0656. The van der Waals surface area contributed by atoms with Crippen LogP contribution in [-0.4, -0.2) is 59.9 Å². The molecular weight excluding hydrogens is 684 g/mol. The van der Waals surface area contributed by atoms with Crippen molar-refractivity contribution in [1.82, 2.24) is 0 Å². The van der Waals surface area contributed by atoms with E-state index in [1.54, 1.807) is 7.05 Å². The van der Waals surface area contributed by atoms with Crippen LogP contribution in [0.4, 0.5) is 0 Å². The van der Waals surface area contributed by atoms with Crippen LogP contribution < -0.4 is 29.4 Å². The summed E-state index contributed by atoms with van der Waals surface area (Å²) in [6.45, 7) is 21.5. The minimum atomic E-state index is -0.602. The van der Waals surface area contributed by atoms with E-state index < -0.39 is 4.48 Å². The molecule has 48 heavy (non-hydrogen) atoms. The van der Waals surface area contributed by atoms with Gasteiger partial charge in [0.1, 0.15) is 0 Å². The summed E-state index contributed by atoms with van der Waals surface area (Å²) < 4.78 is 0.818. The van der Waals surface area contributed by atoms with Crippen molar-refractivity contribution in [2.45, 2.75) is 215 Å². The molecule has 0 spiro atoms. The summed E-state index contributed by atoms with van der Waals surface area (Å²) in [7, 11) is 1.57. The smallest absolute Gasteiger partial charge is 0.328 e. The minimum absolute atomic E-state index is 0. The fourth-order valence-electron chi connectivity index (χ4n) is 6.37. The molecule has 0 aliphatic carbocycles. The largest absolute Gasteiger partial charge is 1.00 e. The van der Waals surface area contributed by atoms with Crippen molar-refractivity contribution in [2.24, 2.45) is 0 Å². The predicted octanol–water partition coefficient (Wildman–Crippen LogP) is 6.11. The molecule has 0 saturated carbocycles. The third-order valence-corrected chi connectivity index (χ3v) is 9.92. The van der Waals surface area contributed by atoms with Gasteiger partial charge in [-0.2, -0.15) is 0 Å². The van der Waals surface area contributed by atoms with Crippen LogP contribution in [0.15, 0.2) is 0 Å². The first kappa shape index (κ1) is 54.5. The Bertz CT molecular complexity index is 632. The van der Waals surface area contributed by atoms with E-state index in [4.69, 9.17) is 0 Å². The summed E-state index contributed by atoms with van der Waals surface area (Å²) in [6, 6.07) is 0. The summed E-state index contributed by atoms with van der Waals surface area (Å²) in [5, 5.41) is 0. The third kappa shape index (κ3) is 26.5. The first-order valence-corrected chi connectivity index (χ1v) is 20.5. The SMILES string of the molecule is CCCCCCCC(=O)[N+](C)(C(=O)CCCCCCC)C(=O)CCCCCCC.CCCC[N+](CCCC)(CCCC)CCCC.[Br-].[Cl-]. The van der Waals surface area contributed by atoms with Crippen molar-refractivity contribution < 1.29 is 52.7 Å². The van der Waals surface area contributed by atoms with Gasteiger partial charge in [0, 0.05) is 0 Å². The molecule has 0 fully saturated rings. The van der Waals surface area contributed by atoms with Crippen molar-refractivity contribution >= 4 is 17.7 Å². The summed E-state index contributed by atoms with van der Waals surface area (Å²) in [5.74, 6) is -0.587. The maximum atomic E-state index is 13.0. The predicted molar refractivity (Wildman–Crippen MR) is 201 cm³/mol. The monoisotopic (exact) mass is 767 g/mol.